The lowest BCUT2D eigenvalue weighted by atomic mass is 9.98. The minimum atomic E-state index is -0.972. The molecule has 0 fully saturated rings. The third kappa shape index (κ3) is 2.89. The van der Waals surface area contributed by atoms with E-state index in [0.29, 0.717) is 6.61 Å². The molecule has 0 saturated heterocycles. The van der Waals surface area contributed by atoms with Crippen molar-refractivity contribution < 1.29 is 14.6 Å². The normalized spacial score (nSPS) is 14.3. The highest BCUT2D eigenvalue weighted by molar-refractivity contribution is 5.79. The molecular weight excluding hydrogens is 278 g/mol. The zero-order chi connectivity index (χ0) is 15.5. The number of ether oxygens (including phenoxy) is 1. The van der Waals surface area contributed by atoms with E-state index >= 15 is 0 Å². The Labute approximate surface area is 129 Å². The first-order chi connectivity index (χ1) is 10.7. The van der Waals surface area contributed by atoms with Gasteiger partial charge in [0.2, 0.25) is 0 Å². The van der Waals surface area contributed by atoms with E-state index in [1.807, 2.05) is 24.3 Å². The molecule has 1 aliphatic carbocycles. The number of esters is 1. The van der Waals surface area contributed by atoms with Crippen LogP contribution in [-0.4, -0.2) is 23.9 Å². The topological polar surface area (TPSA) is 72.5 Å². The first-order valence-electron chi connectivity index (χ1n) is 7.44. The lowest BCUT2D eigenvalue weighted by molar-refractivity contribution is -0.144. The Balaban J connectivity index is 1.75. The van der Waals surface area contributed by atoms with Crippen LogP contribution in [-0.2, 0) is 9.53 Å². The number of carbonyl (C=O) groups excluding carboxylic acids is 1. The number of nitrogens with two attached hydrogens (primary N) is 1. The van der Waals surface area contributed by atoms with E-state index in [1.165, 1.54) is 22.3 Å². The van der Waals surface area contributed by atoms with Crippen LogP contribution in [0.4, 0.5) is 0 Å². The number of hydrogen-bond acceptors (Lipinski definition) is 4. The van der Waals surface area contributed by atoms with E-state index in [0.717, 1.165) is 0 Å². The second-order valence-corrected chi connectivity index (χ2v) is 5.52. The predicted molar refractivity (Wildman–Crippen MR) is 84.1 cm³/mol. The monoisotopic (exact) mass is 297 g/mol. The molecule has 0 amide bonds. The van der Waals surface area contributed by atoms with Gasteiger partial charge in [-0.3, -0.25) is 4.79 Å². The third-order valence-electron chi connectivity index (χ3n) is 4.02. The summed E-state index contributed by atoms with van der Waals surface area (Å²) in [6, 6.07) is 16.4. The van der Waals surface area contributed by atoms with Gasteiger partial charge in [0.15, 0.2) is 0 Å². The van der Waals surface area contributed by atoms with Gasteiger partial charge in [-0.15, -0.1) is 0 Å². The molecule has 0 heterocycles. The number of aliphatic hydroxyl groups is 1. The Morgan fingerprint density at radius 3 is 2.18 bits per heavy atom. The van der Waals surface area contributed by atoms with Gasteiger partial charge in [-0.1, -0.05) is 48.5 Å². The number of carbonyl (C=O) groups is 1. The first kappa shape index (κ1) is 14.8. The fraction of sp³-hybridized carbons (Fsp3) is 0.278. The molecule has 0 aromatic heterocycles. The van der Waals surface area contributed by atoms with Crippen LogP contribution in [0.1, 0.15) is 29.9 Å². The maximum atomic E-state index is 11.7. The Hall–Kier alpha value is -2.17. The van der Waals surface area contributed by atoms with Crippen LogP contribution in [0.3, 0.4) is 0 Å². The molecule has 4 heteroatoms. The molecule has 0 bridgehead atoms. The molecule has 1 aliphatic rings. The number of hydrogen-bond donors (Lipinski definition) is 2. The molecule has 1 unspecified atom stereocenters. The van der Waals surface area contributed by atoms with Crippen molar-refractivity contribution in [3.8, 4) is 11.1 Å². The largest absolute Gasteiger partial charge is 0.465 e. The Morgan fingerprint density at radius 2 is 1.64 bits per heavy atom. The lowest BCUT2D eigenvalue weighted by Gasteiger charge is -2.14. The van der Waals surface area contributed by atoms with Crippen LogP contribution < -0.4 is 5.73 Å². The van der Waals surface area contributed by atoms with E-state index in [9.17, 15) is 4.79 Å². The van der Waals surface area contributed by atoms with Gasteiger partial charge in [0.05, 0.1) is 0 Å². The summed E-state index contributed by atoms with van der Waals surface area (Å²) in [7, 11) is 0. The van der Waals surface area contributed by atoms with Crippen molar-refractivity contribution >= 4 is 5.97 Å². The number of rotatable bonds is 5. The molecule has 4 nitrogen and oxygen atoms in total. The van der Waals surface area contributed by atoms with Crippen LogP contribution in [0.15, 0.2) is 48.5 Å². The Kier molecular flexibility index (Phi) is 4.22. The van der Waals surface area contributed by atoms with Gasteiger partial charge in [0, 0.05) is 12.3 Å². The highest BCUT2D eigenvalue weighted by Crippen LogP contribution is 2.44. The van der Waals surface area contributed by atoms with E-state index < -0.39 is 6.23 Å². The second kappa shape index (κ2) is 6.30. The van der Waals surface area contributed by atoms with Crippen LogP contribution >= 0.6 is 0 Å². The van der Waals surface area contributed by atoms with Gasteiger partial charge >= 0.3 is 5.97 Å². The quantitative estimate of drug-likeness (QED) is 0.656. The summed E-state index contributed by atoms with van der Waals surface area (Å²) >= 11 is 0. The minimum Gasteiger partial charge on any atom is -0.465 e. The maximum Gasteiger partial charge on any atom is 0.305 e. The maximum absolute atomic E-state index is 11.7. The highest BCUT2D eigenvalue weighted by atomic mass is 16.5. The lowest BCUT2D eigenvalue weighted by Crippen LogP contribution is -2.21. The summed E-state index contributed by atoms with van der Waals surface area (Å²) in [5.41, 5.74) is 10.0. The van der Waals surface area contributed by atoms with Crippen molar-refractivity contribution in [1.29, 1.82) is 0 Å². The molecule has 1 atom stereocenters. The van der Waals surface area contributed by atoms with Gasteiger partial charge in [-0.2, -0.15) is 0 Å². The SMILES string of the molecule is NC(O)CCC(=O)OCC1c2ccccc2-c2ccccc21. The van der Waals surface area contributed by atoms with Gasteiger partial charge in [0.1, 0.15) is 12.8 Å². The van der Waals surface area contributed by atoms with Crippen molar-refractivity contribution in [3.05, 3.63) is 59.7 Å². The average molecular weight is 297 g/mol. The smallest absolute Gasteiger partial charge is 0.305 e. The van der Waals surface area contributed by atoms with Crippen LogP contribution in [0.5, 0.6) is 0 Å². The molecule has 0 radical (unpaired) electrons. The number of benzene rings is 2. The summed E-state index contributed by atoms with van der Waals surface area (Å²) in [6.45, 7) is 0.313. The minimum absolute atomic E-state index is 0.0687. The van der Waals surface area contributed by atoms with Crippen LogP contribution in [0, 0.1) is 0 Å². The van der Waals surface area contributed by atoms with Gasteiger partial charge < -0.3 is 15.6 Å². The van der Waals surface area contributed by atoms with E-state index in [-0.39, 0.29) is 24.7 Å². The summed E-state index contributed by atoms with van der Waals surface area (Å²) in [4.78, 5) is 11.7. The molecule has 3 rings (SSSR count). The predicted octanol–water partition coefficient (Wildman–Crippen LogP) is 2.40. The Morgan fingerprint density at radius 1 is 1.09 bits per heavy atom. The second-order valence-electron chi connectivity index (χ2n) is 5.52. The standard InChI is InChI=1S/C18H19NO3/c19-17(20)9-10-18(21)22-11-16-14-7-3-1-5-12(14)13-6-2-4-8-15(13)16/h1-8,16-17,20H,9-11,19H2. The molecule has 0 aliphatic heterocycles. The van der Waals surface area contributed by atoms with Crippen molar-refractivity contribution in [2.75, 3.05) is 6.61 Å². The molecule has 3 N–H and O–H groups in total. The van der Waals surface area contributed by atoms with Gasteiger partial charge in [-0.25, -0.2) is 0 Å². The fourth-order valence-corrected chi connectivity index (χ4v) is 2.95. The Bertz CT molecular complexity index is 636. The summed E-state index contributed by atoms with van der Waals surface area (Å²) in [5, 5.41) is 9.01. The molecule has 0 saturated carbocycles. The zero-order valence-electron chi connectivity index (χ0n) is 12.2. The first-order valence-corrected chi connectivity index (χ1v) is 7.44. The summed E-state index contributed by atoms with van der Waals surface area (Å²) in [5.74, 6) is -0.259. The van der Waals surface area contributed by atoms with Crippen molar-refractivity contribution in [2.24, 2.45) is 5.73 Å². The van der Waals surface area contributed by atoms with E-state index in [4.69, 9.17) is 15.6 Å². The van der Waals surface area contributed by atoms with Crippen LogP contribution in [0.25, 0.3) is 11.1 Å². The van der Waals surface area contributed by atoms with Crippen molar-refractivity contribution in [3.63, 3.8) is 0 Å². The summed E-state index contributed by atoms with van der Waals surface area (Å²) in [6.07, 6.45) is -0.620. The zero-order valence-corrected chi connectivity index (χ0v) is 12.2. The molecular formula is C18H19NO3. The average Bonchev–Trinajstić information content (AvgIpc) is 2.85. The van der Waals surface area contributed by atoms with Gasteiger partial charge in [0.25, 0.3) is 0 Å². The molecule has 2 aromatic carbocycles. The van der Waals surface area contributed by atoms with Gasteiger partial charge in [-0.05, 0) is 28.7 Å². The summed E-state index contributed by atoms with van der Waals surface area (Å²) < 4.78 is 5.38. The molecule has 22 heavy (non-hydrogen) atoms. The third-order valence-corrected chi connectivity index (χ3v) is 4.02. The number of fused-ring (bicyclic) bond motifs is 3. The molecule has 0 spiro atoms. The highest BCUT2D eigenvalue weighted by Gasteiger charge is 2.28. The van der Waals surface area contributed by atoms with Crippen LogP contribution in [0.2, 0.25) is 0 Å². The molecule has 114 valence electrons. The molecule has 2 aromatic rings. The van der Waals surface area contributed by atoms with E-state index in [1.54, 1.807) is 0 Å². The van der Waals surface area contributed by atoms with E-state index in [2.05, 4.69) is 24.3 Å². The number of aliphatic hydroxyl groups excluding tert-OH is 1. The van der Waals surface area contributed by atoms with Crippen molar-refractivity contribution in [2.45, 2.75) is 25.0 Å². The van der Waals surface area contributed by atoms with Crippen molar-refractivity contribution in [1.82, 2.24) is 0 Å². The fourth-order valence-electron chi connectivity index (χ4n) is 2.95.